The average Bonchev–Trinajstić information content (AvgIpc) is 3.11. The topological polar surface area (TPSA) is 51.0 Å². The van der Waals surface area contributed by atoms with Crippen molar-refractivity contribution in [2.45, 2.75) is 24.9 Å². The predicted octanol–water partition coefficient (Wildman–Crippen LogP) is 1.85. The molecular weight excluding hydrogens is 240 g/mol. The van der Waals surface area contributed by atoms with Crippen molar-refractivity contribution in [2.24, 2.45) is 7.05 Å². The van der Waals surface area contributed by atoms with E-state index >= 15 is 0 Å². The molecular formula is C14H14N4O. The molecule has 3 heterocycles. The summed E-state index contributed by atoms with van der Waals surface area (Å²) in [5.74, 6) is -0.00296. The fourth-order valence-corrected chi connectivity index (χ4v) is 3.40. The third-order valence-corrected chi connectivity index (χ3v) is 4.16. The van der Waals surface area contributed by atoms with Gasteiger partial charge in [0.25, 0.3) is 5.91 Å². The summed E-state index contributed by atoms with van der Waals surface area (Å²) in [6, 6.07) is 8.80. The van der Waals surface area contributed by atoms with Crippen molar-refractivity contribution >= 4 is 5.91 Å². The van der Waals surface area contributed by atoms with Crippen LogP contribution in [0.4, 0.5) is 0 Å². The SMILES string of the molecule is Cn1cc(C(=O)N2C3CCC2c2ccccc23)nn1. The minimum Gasteiger partial charge on any atom is -0.323 e. The molecule has 2 bridgehead atoms. The van der Waals surface area contributed by atoms with Crippen molar-refractivity contribution in [3.05, 3.63) is 47.3 Å². The standard InChI is InChI=1S/C14H14N4O/c1-17-8-11(15-16-17)14(19)18-12-6-7-13(18)10-5-3-2-4-9(10)12/h2-5,8,12-13H,6-7H2,1H3. The van der Waals surface area contributed by atoms with Crippen LogP contribution < -0.4 is 0 Å². The maximum atomic E-state index is 12.6. The molecule has 1 amide bonds. The molecule has 1 saturated heterocycles. The zero-order chi connectivity index (χ0) is 13.0. The first kappa shape index (κ1) is 10.7. The lowest BCUT2D eigenvalue weighted by Gasteiger charge is -2.21. The zero-order valence-corrected chi connectivity index (χ0v) is 10.7. The molecule has 0 N–H and O–H groups in total. The number of benzene rings is 1. The van der Waals surface area contributed by atoms with E-state index in [1.165, 1.54) is 11.1 Å². The summed E-state index contributed by atoms with van der Waals surface area (Å²) < 4.78 is 1.57. The maximum Gasteiger partial charge on any atom is 0.277 e. The quantitative estimate of drug-likeness (QED) is 0.780. The van der Waals surface area contributed by atoms with Gasteiger partial charge in [-0.15, -0.1) is 5.10 Å². The highest BCUT2D eigenvalue weighted by Crippen LogP contribution is 2.53. The van der Waals surface area contributed by atoms with E-state index in [2.05, 4.69) is 22.4 Å². The summed E-state index contributed by atoms with van der Waals surface area (Å²) in [6.45, 7) is 0. The number of nitrogens with zero attached hydrogens (tertiary/aromatic N) is 4. The molecule has 19 heavy (non-hydrogen) atoms. The summed E-state index contributed by atoms with van der Waals surface area (Å²) >= 11 is 0. The zero-order valence-electron chi connectivity index (χ0n) is 10.7. The summed E-state index contributed by atoms with van der Waals surface area (Å²) in [6.07, 6.45) is 3.78. The van der Waals surface area contributed by atoms with Gasteiger partial charge in [0.05, 0.1) is 18.3 Å². The summed E-state index contributed by atoms with van der Waals surface area (Å²) in [5.41, 5.74) is 3.04. The summed E-state index contributed by atoms with van der Waals surface area (Å²) in [4.78, 5) is 14.6. The molecule has 2 unspecified atom stereocenters. The molecule has 0 saturated carbocycles. The number of aryl methyl sites for hydroxylation is 1. The van der Waals surface area contributed by atoms with Crippen LogP contribution in [0.5, 0.6) is 0 Å². The van der Waals surface area contributed by atoms with Crippen LogP contribution >= 0.6 is 0 Å². The molecule has 2 atom stereocenters. The second kappa shape index (κ2) is 3.66. The summed E-state index contributed by atoms with van der Waals surface area (Å²) in [7, 11) is 1.77. The van der Waals surface area contributed by atoms with Gasteiger partial charge in [-0.05, 0) is 24.0 Å². The molecule has 2 aliphatic heterocycles. The van der Waals surface area contributed by atoms with Gasteiger partial charge in [-0.3, -0.25) is 9.48 Å². The fourth-order valence-electron chi connectivity index (χ4n) is 3.40. The largest absolute Gasteiger partial charge is 0.323 e. The van der Waals surface area contributed by atoms with Gasteiger partial charge in [-0.2, -0.15) is 0 Å². The molecule has 5 heteroatoms. The lowest BCUT2D eigenvalue weighted by molar-refractivity contribution is 0.0690. The van der Waals surface area contributed by atoms with Gasteiger partial charge in [0.1, 0.15) is 0 Å². The van der Waals surface area contributed by atoms with Crippen LogP contribution in [0.15, 0.2) is 30.5 Å². The number of hydrogen-bond donors (Lipinski definition) is 0. The second-order valence-electron chi connectivity index (χ2n) is 5.23. The van der Waals surface area contributed by atoms with Crippen LogP contribution in [0, 0.1) is 0 Å². The Labute approximate surface area is 110 Å². The van der Waals surface area contributed by atoms with Crippen molar-refractivity contribution in [2.75, 3.05) is 0 Å². The molecule has 1 aromatic heterocycles. The van der Waals surface area contributed by atoms with E-state index in [9.17, 15) is 4.79 Å². The third-order valence-electron chi connectivity index (χ3n) is 4.16. The van der Waals surface area contributed by atoms with Gasteiger partial charge in [0.15, 0.2) is 5.69 Å². The van der Waals surface area contributed by atoms with Gasteiger partial charge in [0.2, 0.25) is 0 Å². The van der Waals surface area contributed by atoms with Crippen molar-refractivity contribution in [3.63, 3.8) is 0 Å². The molecule has 0 aliphatic carbocycles. The molecule has 2 aliphatic rings. The lowest BCUT2D eigenvalue weighted by Crippen LogP contribution is -2.28. The Morgan fingerprint density at radius 1 is 1.21 bits per heavy atom. The number of rotatable bonds is 1. The highest BCUT2D eigenvalue weighted by Gasteiger charge is 2.46. The molecule has 1 aromatic carbocycles. The average molecular weight is 254 g/mol. The van der Waals surface area contributed by atoms with E-state index in [4.69, 9.17) is 0 Å². The Kier molecular flexibility index (Phi) is 2.07. The number of aromatic nitrogens is 3. The Balaban J connectivity index is 1.74. The minimum atomic E-state index is -0.00296. The molecule has 0 radical (unpaired) electrons. The van der Waals surface area contributed by atoms with Crippen LogP contribution in [-0.4, -0.2) is 25.8 Å². The third kappa shape index (κ3) is 1.38. The fraction of sp³-hybridized carbons (Fsp3) is 0.357. The molecule has 0 spiro atoms. The monoisotopic (exact) mass is 254 g/mol. The highest BCUT2D eigenvalue weighted by molar-refractivity contribution is 5.93. The van der Waals surface area contributed by atoms with Gasteiger partial charge < -0.3 is 4.90 Å². The second-order valence-corrected chi connectivity index (χ2v) is 5.23. The Morgan fingerprint density at radius 3 is 2.37 bits per heavy atom. The van der Waals surface area contributed by atoms with E-state index < -0.39 is 0 Å². The van der Waals surface area contributed by atoms with Gasteiger partial charge in [-0.25, -0.2) is 0 Å². The van der Waals surface area contributed by atoms with E-state index in [1.54, 1.807) is 17.9 Å². The van der Waals surface area contributed by atoms with Gasteiger partial charge in [0, 0.05) is 7.05 Å². The normalized spacial score (nSPS) is 23.7. The first-order chi connectivity index (χ1) is 9.25. The Morgan fingerprint density at radius 2 is 1.84 bits per heavy atom. The van der Waals surface area contributed by atoms with Crippen LogP contribution in [0.2, 0.25) is 0 Å². The lowest BCUT2D eigenvalue weighted by atomic mass is 9.92. The van der Waals surface area contributed by atoms with Gasteiger partial charge in [-0.1, -0.05) is 29.5 Å². The number of amides is 1. The predicted molar refractivity (Wildman–Crippen MR) is 68.3 cm³/mol. The first-order valence-electron chi connectivity index (χ1n) is 6.53. The molecule has 5 nitrogen and oxygen atoms in total. The number of carbonyl (C=O) groups is 1. The molecule has 4 rings (SSSR count). The van der Waals surface area contributed by atoms with E-state index in [0.717, 1.165) is 12.8 Å². The van der Waals surface area contributed by atoms with Crippen LogP contribution in [-0.2, 0) is 7.05 Å². The van der Waals surface area contributed by atoms with Crippen molar-refractivity contribution < 1.29 is 4.79 Å². The minimum absolute atomic E-state index is 0.00296. The smallest absolute Gasteiger partial charge is 0.277 e. The van der Waals surface area contributed by atoms with E-state index in [-0.39, 0.29) is 18.0 Å². The van der Waals surface area contributed by atoms with Crippen molar-refractivity contribution in [3.8, 4) is 0 Å². The summed E-state index contributed by atoms with van der Waals surface area (Å²) in [5, 5.41) is 7.79. The van der Waals surface area contributed by atoms with Crippen LogP contribution in [0.3, 0.4) is 0 Å². The number of fused-ring (bicyclic) bond motifs is 5. The molecule has 96 valence electrons. The Hall–Kier alpha value is -2.17. The maximum absolute atomic E-state index is 12.6. The molecule has 2 aromatic rings. The highest BCUT2D eigenvalue weighted by atomic mass is 16.2. The van der Waals surface area contributed by atoms with Crippen molar-refractivity contribution in [1.29, 1.82) is 0 Å². The van der Waals surface area contributed by atoms with Gasteiger partial charge >= 0.3 is 0 Å². The number of carbonyl (C=O) groups excluding carboxylic acids is 1. The number of hydrogen-bond acceptors (Lipinski definition) is 3. The first-order valence-corrected chi connectivity index (χ1v) is 6.53. The Bertz CT molecular complexity index is 632. The van der Waals surface area contributed by atoms with Crippen molar-refractivity contribution in [1.82, 2.24) is 19.9 Å². The molecule has 1 fully saturated rings. The van der Waals surface area contributed by atoms with E-state index in [1.807, 2.05) is 17.0 Å². The van der Waals surface area contributed by atoms with Crippen LogP contribution in [0.25, 0.3) is 0 Å². The van der Waals surface area contributed by atoms with E-state index in [0.29, 0.717) is 5.69 Å². The van der Waals surface area contributed by atoms with Crippen LogP contribution in [0.1, 0.15) is 46.5 Å².